The fourth-order valence-corrected chi connectivity index (χ4v) is 3.37. The summed E-state index contributed by atoms with van der Waals surface area (Å²) in [6.07, 6.45) is 1.47. The molecule has 1 aliphatic rings. The fraction of sp³-hybridized carbons (Fsp3) is 0.333. The molecule has 1 aliphatic heterocycles. The normalized spacial score (nSPS) is 15.1. The predicted octanol–water partition coefficient (Wildman–Crippen LogP) is 2.95. The molecule has 1 saturated heterocycles. The summed E-state index contributed by atoms with van der Waals surface area (Å²) in [5, 5.41) is 6.26. The van der Waals surface area contributed by atoms with Crippen LogP contribution in [-0.2, 0) is 9.53 Å². The number of carbonyl (C=O) groups excluding carboxylic acids is 2. The average molecular weight is 420 g/mol. The van der Waals surface area contributed by atoms with Gasteiger partial charge in [-0.25, -0.2) is 0 Å². The Bertz CT molecular complexity index is 831. The molecule has 2 aromatic rings. The third-order valence-electron chi connectivity index (χ3n) is 4.96. The number of ether oxygens (including phenoxy) is 2. The molecule has 0 atom stereocenters. The second kappa shape index (κ2) is 10.2. The van der Waals surface area contributed by atoms with Gasteiger partial charge in [-0.2, -0.15) is 0 Å². The zero-order valence-electron chi connectivity index (χ0n) is 16.3. The Morgan fingerprint density at radius 3 is 2.38 bits per heavy atom. The molecule has 0 radical (unpaired) electrons. The summed E-state index contributed by atoms with van der Waals surface area (Å²) in [5.41, 5.74) is 5.84. The topological polar surface area (TPSA) is 103 Å². The van der Waals surface area contributed by atoms with Crippen molar-refractivity contribution in [1.29, 1.82) is 0 Å². The van der Waals surface area contributed by atoms with Crippen LogP contribution in [0.3, 0.4) is 0 Å². The number of halogens is 1. The van der Waals surface area contributed by atoms with E-state index in [-0.39, 0.29) is 18.3 Å². The van der Waals surface area contributed by atoms with E-state index in [9.17, 15) is 9.59 Å². The highest BCUT2D eigenvalue weighted by Gasteiger charge is 2.39. The van der Waals surface area contributed by atoms with E-state index in [1.807, 2.05) is 0 Å². The number of methoxy groups -OCH3 is 1. The highest BCUT2D eigenvalue weighted by Crippen LogP contribution is 2.31. The highest BCUT2D eigenvalue weighted by atomic mass is 35.5. The second-order valence-corrected chi connectivity index (χ2v) is 6.90. The summed E-state index contributed by atoms with van der Waals surface area (Å²) in [6.45, 7) is 1.98. The molecule has 8 heteroatoms. The number of nitrogens with two attached hydrogens (primary N) is 1. The van der Waals surface area contributed by atoms with Gasteiger partial charge < -0.3 is 25.8 Å². The number of para-hydroxylation sites is 1. The minimum absolute atomic E-state index is 0. The number of rotatable bonds is 7. The van der Waals surface area contributed by atoms with Crippen molar-refractivity contribution in [3.63, 3.8) is 0 Å². The molecule has 1 fully saturated rings. The average Bonchev–Trinajstić information content (AvgIpc) is 2.70. The van der Waals surface area contributed by atoms with Crippen molar-refractivity contribution in [3.05, 3.63) is 54.1 Å². The molecule has 7 nitrogen and oxygen atoms in total. The van der Waals surface area contributed by atoms with E-state index in [1.165, 1.54) is 0 Å². The molecule has 2 amide bonds. The Morgan fingerprint density at radius 1 is 1.10 bits per heavy atom. The Balaban J connectivity index is 0.00000300. The number of amides is 2. The fourth-order valence-electron chi connectivity index (χ4n) is 3.37. The third kappa shape index (κ3) is 5.47. The molecule has 0 aliphatic carbocycles. The molecule has 0 unspecified atom stereocenters. The zero-order chi connectivity index (χ0) is 20.0. The molecular weight excluding hydrogens is 394 g/mol. The Labute approximate surface area is 176 Å². The third-order valence-corrected chi connectivity index (χ3v) is 4.96. The van der Waals surface area contributed by atoms with Crippen molar-refractivity contribution in [2.45, 2.75) is 12.8 Å². The first-order chi connectivity index (χ1) is 13.5. The van der Waals surface area contributed by atoms with E-state index < -0.39 is 11.3 Å². The van der Waals surface area contributed by atoms with Gasteiger partial charge >= 0.3 is 0 Å². The van der Waals surface area contributed by atoms with Gasteiger partial charge in [0, 0.05) is 12.8 Å². The summed E-state index contributed by atoms with van der Waals surface area (Å²) in [6, 6.07) is 13.8. The Kier molecular flexibility index (Phi) is 8.01. The molecule has 1 heterocycles. The van der Waals surface area contributed by atoms with E-state index in [1.54, 1.807) is 55.6 Å². The molecule has 0 aromatic heterocycles. The maximum Gasteiger partial charge on any atom is 0.252 e. The van der Waals surface area contributed by atoms with Crippen molar-refractivity contribution in [3.8, 4) is 11.5 Å². The van der Waals surface area contributed by atoms with Gasteiger partial charge in [0.15, 0.2) is 0 Å². The molecule has 3 rings (SSSR count). The summed E-state index contributed by atoms with van der Waals surface area (Å²) < 4.78 is 11.1. The number of hydrogen-bond donors (Lipinski definition) is 3. The molecule has 2 aromatic carbocycles. The van der Waals surface area contributed by atoms with Crippen LogP contribution in [0.2, 0.25) is 0 Å². The van der Waals surface area contributed by atoms with Crippen LogP contribution in [0.4, 0.5) is 5.69 Å². The van der Waals surface area contributed by atoms with E-state index in [0.29, 0.717) is 29.4 Å². The highest BCUT2D eigenvalue weighted by molar-refractivity contribution is 5.96. The quantitative estimate of drug-likeness (QED) is 0.640. The van der Waals surface area contributed by atoms with Crippen LogP contribution in [0, 0.1) is 5.41 Å². The van der Waals surface area contributed by atoms with Crippen molar-refractivity contribution < 1.29 is 19.1 Å². The number of hydrogen-bond acceptors (Lipinski definition) is 5. The number of piperidine rings is 1. The Morgan fingerprint density at radius 2 is 1.76 bits per heavy atom. The van der Waals surface area contributed by atoms with Gasteiger partial charge in [-0.15, -0.1) is 12.4 Å². The summed E-state index contributed by atoms with van der Waals surface area (Å²) >= 11 is 0. The SMILES string of the molecule is COCC1(C(=O)Nc2ccc(Oc3ccccc3C(N)=O)cc2)CCNCC1.Cl. The maximum absolute atomic E-state index is 12.9. The first kappa shape index (κ1) is 22.7. The van der Waals surface area contributed by atoms with Gasteiger partial charge in [0.25, 0.3) is 5.91 Å². The van der Waals surface area contributed by atoms with Crippen molar-refractivity contribution in [1.82, 2.24) is 5.32 Å². The van der Waals surface area contributed by atoms with Gasteiger partial charge in [-0.1, -0.05) is 12.1 Å². The van der Waals surface area contributed by atoms with E-state index in [0.717, 1.165) is 25.9 Å². The first-order valence-electron chi connectivity index (χ1n) is 9.22. The molecule has 156 valence electrons. The lowest BCUT2D eigenvalue weighted by molar-refractivity contribution is -0.130. The van der Waals surface area contributed by atoms with Crippen LogP contribution in [-0.4, -0.2) is 38.6 Å². The molecule has 0 spiro atoms. The molecule has 29 heavy (non-hydrogen) atoms. The van der Waals surface area contributed by atoms with Gasteiger partial charge in [-0.05, 0) is 62.3 Å². The van der Waals surface area contributed by atoms with Crippen LogP contribution in [0.15, 0.2) is 48.5 Å². The maximum atomic E-state index is 12.9. The lowest BCUT2D eigenvalue weighted by atomic mass is 9.78. The van der Waals surface area contributed by atoms with Crippen molar-refractivity contribution in [2.24, 2.45) is 11.1 Å². The molecule has 0 saturated carbocycles. The lowest BCUT2D eigenvalue weighted by Gasteiger charge is -2.35. The van der Waals surface area contributed by atoms with Crippen molar-refractivity contribution >= 4 is 29.9 Å². The monoisotopic (exact) mass is 419 g/mol. The first-order valence-corrected chi connectivity index (χ1v) is 9.22. The number of benzene rings is 2. The van der Waals surface area contributed by atoms with Crippen LogP contribution >= 0.6 is 12.4 Å². The lowest BCUT2D eigenvalue weighted by Crippen LogP contribution is -2.47. The van der Waals surface area contributed by atoms with Crippen LogP contribution in [0.25, 0.3) is 0 Å². The number of anilines is 1. The van der Waals surface area contributed by atoms with E-state index >= 15 is 0 Å². The van der Waals surface area contributed by atoms with Crippen LogP contribution < -0.4 is 21.1 Å². The number of nitrogens with one attached hydrogen (secondary N) is 2. The summed E-state index contributed by atoms with van der Waals surface area (Å²) in [5.74, 6) is 0.342. The summed E-state index contributed by atoms with van der Waals surface area (Å²) in [7, 11) is 1.62. The van der Waals surface area contributed by atoms with E-state index in [2.05, 4.69) is 10.6 Å². The molecule has 4 N–H and O–H groups in total. The minimum atomic E-state index is -0.551. The van der Waals surface area contributed by atoms with Crippen LogP contribution in [0.1, 0.15) is 23.2 Å². The van der Waals surface area contributed by atoms with Gasteiger partial charge in [0.05, 0.1) is 17.6 Å². The molecular formula is C21H26ClN3O4. The van der Waals surface area contributed by atoms with Crippen molar-refractivity contribution in [2.75, 3.05) is 32.1 Å². The largest absolute Gasteiger partial charge is 0.457 e. The summed E-state index contributed by atoms with van der Waals surface area (Å²) in [4.78, 5) is 24.4. The van der Waals surface area contributed by atoms with Gasteiger partial charge in [-0.3, -0.25) is 9.59 Å². The smallest absolute Gasteiger partial charge is 0.252 e. The minimum Gasteiger partial charge on any atom is -0.457 e. The zero-order valence-corrected chi connectivity index (χ0v) is 17.1. The predicted molar refractivity (Wildman–Crippen MR) is 114 cm³/mol. The van der Waals surface area contributed by atoms with Crippen LogP contribution in [0.5, 0.6) is 11.5 Å². The number of primary amides is 1. The van der Waals surface area contributed by atoms with Gasteiger partial charge in [0.2, 0.25) is 5.91 Å². The second-order valence-electron chi connectivity index (χ2n) is 6.90. The van der Waals surface area contributed by atoms with Gasteiger partial charge in [0.1, 0.15) is 11.5 Å². The molecule has 0 bridgehead atoms. The number of carbonyl (C=O) groups is 2. The standard InChI is InChI=1S/C21H25N3O4.ClH/c1-27-14-21(10-12-23-13-11-21)20(26)24-15-6-8-16(9-7-15)28-18-5-3-2-4-17(18)19(22)25;/h2-9,23H,10-14H2,1H3,(H2,22,25)(H,24,26);1H. The Hall–Kier alpha value is -2.61. The van der Waals surface area contributed by atoms with E-state index in [4.69, 9.17) is 15.2 Å².